The molecule has 0 amide bonds. The molecule has 0 N–H and O–H groups in total. The Hall–Kier alpha value is -1.11. The first-order chi connectivity index (χ1) is 8.51. The fourth-order valence-corrected chi connectivity index (χ4v) is 2.74. The highest BCUT2D eigenvalue weighted by Gasteiger charge is 2.48. The standard InChI is InChI=1S/C14H15ClFNO/c1-9(2)11(6-17)14(7-18-8-14)10-3-4-13(16)12(15)5-10/h3-5,9,11H,7-8H2,1-2H3. The molecule has 2 nitrogen and oxygen atoms in total. The number of halogens is 2. The Bertz CT molecular complexity index is 491. The second-order valence-electron chi connectivity index (χ2n) is 5.13. The van der Waals surface area contributed by atoms with E-state index in [0.29, 0.717) is 13.2 Å². The molecule has 1 fully saturated rings. The third-order valence-electron chi connectivity index (χ3n) is 3.61. The minimum atomic E-state index is -0.436. The molecule has 0 spiro atoms. The van der Waals surface area contributed by atoms with Crippen molar-refractivity contribution in [1.29, 1.82) is 5.26 Å². The average molecular weight is 268 g/mol. The number of benzene rings is 1. The second kappa shape index (κ2) is 4.87. The molecule has 1 heterocycles. The summed E-state index contributed by atoms with van der Waals surface area (Å²) in [6, 6.07) is 7.04. The van der Waals surface area contributed by atoms with E-state index < -0.39 is 5.82 Å². The van der Waals surface area contributed by atoms with E-state index in [1.165, 1.54) is 6.07 Å². The van der Waals surface area contributed by atoms with Crippen LogP contribution in [-0.4, -0.2) is 13.2 Å². The van der Waals surface area contributed by atoms with Gasteiger partial charge in [-0.25, -0.2) is 4.39 Å². The Morgan fingerprint density at radius 1 is 1.44 bits per heavy atom. The van der Waals surface area contributed by atoms with Crippen molar-refractivity contribution in [3.63, 3.8) is 0 Å². The summed E-state index contributed by atoms with van der Waals surface area (Å²) >= 11 is 5.83. The van der Waals surface area contributed by atoms with Gasteiger partial charge in [0.1, 0.15) is 5.82 Å². The summed E-state index contributed by atoms with van der Waals surface area (Å²) in [4.78, 5) is 0. The molecule has 18 heavy (non-hydrogen) atoms. The third-order valence-corrected chi connectivity index (χ3v) is 3.90. The van der Waals surface area contributed by atoms with E-state index in [2.05, 4.69) is 6.07 Å². The summed E-state index contributed by atoms with van der Waals surface area (Å²) < 4.78 is 18.5. The maximum atomic E-state index is 13.2. The van der Waals surface area contributed by atoms with Crippen LogP contribution in [0.25, 0.3) is 0 Å². The smallest absolute Gasteiger partial charge is 0.141 e. The summed E-state index contributed by atoms with van der Waals surface area (Å²) in [5, 5.41) is 9.47. The van der Waals surface area contributed by atoms with E-state index in [1.54, 1.807) is 12.1 Å². The fraction of sp³-hybridized carbons (Fsp3) is 0.500. The summed E-state index contributed by atoms with van der Waals surface area (Å²) in [5.41, 5.74) is 0.542. The van der Waals surface area contributed by atoms with Gasteiger partial charge in [0.05, 0.1) is 35.6 Å². The van der Waals surface area contributed by atoms with Crippen LogP contribution in [0.2, 0.25) is 5.02 Å². The first-order valence-corrected chi connectivity index (χ1v) is 6.32. The zero-order valence-corrected chi connectivity index (χ0v) is 11.2. The van der Waals surface area contributed by atoms with Crippen LogP contribution in [0.1, 0.15) is 19.4 Å². The van der Waals surface area contributed by atoms with E-state index in [1.807, 2.05) is 13.8 Å². The largest absolute Gasteiger partial charge is 0.379 e. The lowest BCUT2D eigenvalue weighted by Crippen LogP contribution is -2.53. The van der Waals surface area contributed by atoms with Gasteiger partial charge in [0, 0.05) is 0 Å². The fourth-order valence-electron chi connectivity index (χ4n) is 2.56. The lowest BCUT2D eigenvalue weighted by Gasteiger charge is -2.46. The van der Waals surface area contributed by atoms with Gasteiger partial charge >= 0.3 is 0 Å². The van der Waals surface area contributed by atoms with Crippen molar-refractivity contribution < 1.29 is 9.13 Å². The quantitative estimate of drug-likeness (QED) is 0.839. The molecule has 0 aliphatic carbocycles. The minimum absolute atomic E-state index is 0.0965. The number of hydrogen-bond acceptors (Lipinski definition) is 2. The summed E-state index contributed by atoms with van der Waals surface area (Å²) in [6.45, 7) is 5.01. The van der Waals surface area contributed by atoms with E-state index in [4.69, 9.17) is 16.3 Å². The monoisotopic (exact) mass is 267 g/mol. The molecule has 2 rings (SSSR count). The molecule has 4 heteroatoms. The molecule has 0 saturated carbocycles. The molecular formula is C14H15ClFNO. The predicted molar refractivity (Wildman–Crippen MR) is 67.8 cm³/mol. The molecule has 1 unspecified atom stereocenters. The van der Waals surface area contributed by atoms with Crippen LogP contribution in [0.3, 0.4) is 0 Å². The SMILES string of the molecule is CC(C)C(C#N)C1(c2ccc(F)c(Cl)c2)COC1. The highest BCUT2D eigenvalue weighted by molar-refractivity contribution is 6.30. The van der Waals surface area contributed by atoms with Crippen LogP contribution in [0.15, 0.2) is 18.2 Å². The van der Waals surface area contributed by atoms with Crippen LogP contribution in [0.4, 0.5) is 4.39 Å². The molecule has 1 aromatic rings. The lowest BCUT2D eigenvalue weighted by molar-refractivity contribution is -0.0876. The molecule has 1 aliphatic heterocycles. The van der Waals surface area contributed by atoms with E-state index in [-0.39, 0.29) is 22.3 Å². The van der Waals surface area contributed by atoms with Crippen LogP contribution < -0.4 is 0 Å². The number of nitrogens with zero attached hydrogens (tertiary/aromatic N) is 1. The van der Waals surface area contributed by atoms with Crippen molar-refractivity contribution >= 4 is 11.6 Å². The normalized spacial score (nSPS) is 19.1. The van der Waals surface area contributed by atoms with Crippen molar-refractivity contribution in [3.05, 3.63) is 34.6 Å². The zero-order valence-electron chi connectivity index (χ0n) is 10.4. The van der Waals surface area contributed by atoms with Gasteiger partial charge < -0.3 is 4.74 Å². The first kappa shape index (κ1) is 13.3. The molecule has 0 bridgehead atoms. The van der Waals surface area contributed by atoms with Crippen molar-refractivity contribution in [1.82, 2.24) is 0 Å². The van der Waals surface area contributed by atoms with E-state index in [0.717, 1.165) is 5.56 Å². The summed E-state index contributed by atoms with van der Waals surface area (Å²) in [6.07, 6.45) is 0. The van der Waals surface area contributed by atoms with Crippen molar-refractivity contribution in [2.24, 2.45) is 11.8 Å². The molecule has 1 saturated heterocycles. The number of hydrogen-bond donors (Lipinski definition) is 0. The molecular weight excluding hydrogens is 253 g/mol. The topological polar surface area (TPSA) is 33.0 Å². The summed E-state index contributed by atoms with van der Waals surface area (Å²) in [5.74, 6) is -0.385. The number of ether oxygens (including phenoxy) is 1. The minimum Gasteiger partial charge on any atom is -0.379 e. The van der Waals surface area contributed by atoms with Gasteiger partial charge in [-0.3, -0.25) is 0 Å². The Balaban J connectivity index is 2.44. The van der Waals surface area contributed by atoms with Gasteiger partial charge in [-0.1, -0.05) is 31.5 Å². The maximum Gasteiger partial charge on any atom is 0.141 e. The van der Waals surface area contributed by atoms with Crippen molar-refractivity contribution in [2.75, 3.05) is 13.2 Å². The zero-order chi connectivity index (χ0) is 13.3. The second-order valence-corrected chi connectivity index (χ2v) is 5.54. The van der Waals surface area contributed by atoms with Gasteiger partial charge in [-0.2, -0.15) is 5.26 Å². The lowest BCUT2D eigenvalue weighted by atomic mass is 9.65. The van der Waals surface area contributed by atoms with E-state index >= 15 is 0 Å². The highest BCUT2D eigenvalue weighted by atomic mass is 35.5. The molecule has 1 aliphatic rings. The summed E-state index contributed by atoms with van der Waals surface area (Å²) in [7, 11) is 0. The molecule has 1 atom stereocenters. The maximum absolute atomic E-state index is 13.2. The predicted octanol–water partition coefficient (Wildman–Crippen LogP) is 3.54. The van der Waals surface area contributed by atoms with E-state index in [9.17, 15) is 9.65 Å². The van der Waals surface area contributed by atoms with Gasteiger partial charge in [0.25, 0.3) is 0 Å². The van der Waals surface area contributed by atoms with Crippen LogP contribution in [0, 0.1) is 29.0 Å². The Morgan fingerprint density at radius 2 is 2.11 bits per heavy atom. The highest BCUT2D eigenvalue weighted by Crippen LogP contribution is 2.43. The molecule has 1 aromatic carbocycles. The first-order valence-electron chi connectivity index (χ1n) is 5.94. The molecule has 0 aromatic heterocycles. The van der Waals surface area contributed by atoms with Crippen LogP contribution >= 0.6 is 11.6 Å². The molecule has 96 valence electrons. The van der Waals surface area contributed by atoms with Gasteiger partial charge in [-0.15, -0.1) is 0 Å². The Labute approximate surface area is 111 Å². The average Bonchev–Trinajstić information content (AvgIpc) is 2.26. The Kier molecular flexibility index (Phi) is 3.61. The molecule has 0 radical (unpaired) electrons. The van der Waals surface area contributed by atoms with Gasteiger partial charge in [-0.05, 0) is 23.6 Å². The van der Waals surface area contributed by atoms with Crippen LogP contribution in [0.5, 0.6) is 0 Å². The third kappa shape index (κ3) is 2.00. The number of rotatable bonds is 3. The number of nitriles is 1. The Morgan fingerprint density at radius 3 is 2.50 bits per heavy atom. The van der Waals surface area contributed by atoms with Gasteiger partial charge in [0.15, 0.2) is 0 Å². The van der Waals surface area contributed by atoms with Crippen molar-refractivity contribution in [3.8, 4) is 6.07 Å². The van der Waals surface area contributed by atoms with Crippen LogP contribution in [-0.2, 0) is 10.2 Å². The van der Waals surface area contributed by atoms with Crippen molar-refractivity contribution in [2.45, 2.75) is 19.3 Å². The van der Waals surface area contributed by atoms with Gasteiger partial charge in [0.2, 0.25) is 0 Å².